The molecule has 0 bridgehead atoms. The second-order valence-electron chi connectivity index (χ2n) is 17.1. The quantitative estimate of drug-likeness (QED) is 0.0539. The molecule has 0 radical (unpaired) electrons. The number of aromatic amines is 1. The number of aryl methyl sites for hydroxylation is 1. The third-order valence-electron chi connectivity index (χ3n) is 11.7. The first-order valence-corrected chi connectivity index (χ1v) is 26.2. The maximum Gasteiger partial charge on any atom is 0.253 e. The molecule has 5 rings (SSSR count). The van der Waals surface area contributed by atoms with E-state index in [2.05, 4.69) is 50.2 Å². The number of unbranched alkanes of at least 4 members (excludes halogenated alkanes) is 1. The molecule has 23 nitrogen and oxygen atoms in total. The highest BCUT2D eigenvalue weighted by molar-refractivity contribution is 6.12. The van der Waals surface area contributed by atoms with E-state index in [-0.39, 0.29) is 37.3 Å². The average Bonchev–Trinajstić information content (AvgIpc) is 4.00. The van der Waals surface area contributed by atoms with Crippen molar-refractivity contribution >= 4 is 51.2 Å². The lowest BCUT2D eigenvalue weighted by molar-refractivity contribution is -0.137. The topological polar surface area (TPSA) is 251 Å². The Hall–Kier alpha value is -4.47. The van der Waals surface area contributed by atoms with Crippen LogP contribution in [-0.2, 0) is 77.6 Å². The van der Waals surface area contributed by atoms with E-state index in [9.17, 15) is 14.4 Å². The lowest BCUT2D eigenvalue weighted by atomic mass is 10.1. The first-order valence-electron chi connectivity index (χ1n) is 26.2. The van der Waals surface area contributed by atoms with Crippen LogP contribution in [0.4, 0.5) is 11.5 Å². The number of hydrogen-bond acceptors (Lipinski definition) is 20. The number of imide groups is 1. The second-order valence-corrected chi connectivity index (χ2v) is 17.1. The van der Waals surface area contributed by atoms with Crippen molar-refractivity contribution in [1.29, 1.82) is 0 Å². The number of nitrogens with two attached hydrogens (primary N) is 1. The number of pyridine rings is 1. The highest BCUT2D eigenvalue weighted by Crippen LogP contribution is 2.30. The fourth-order valence-electron chi connectivity index (χ4n) is 7.61. The Morgan fingerprint density at radius 2 is 1.05 bits per heavy atom. The molecule has 1 fully saturated rings. The summed E-state index contributed by atoms with van der Waals surface area (Å²) in [5, 5.41) is 3.80. The normalized spacial score (nSPS) is 14.2. The van der Waals surface area contributed by atoms with Crippen LogP contribution in [0.2, 0.25) is 0 Å². The molecule has 2 aromatic heterocycles. The van der Waals surface area contributed by atoms with E-state index >= 15 is 0 Å². The number of amides is 3. The number of rotatable bonds is 46. The molecule has 4 N–H and O–H groups in total. The van der Waals surface area contributed by atoms with Crippen LogP contribution < -0.4 is 16.0 Å². The summed E-state index contributed by atoms with van der Waals surface area (Å²) >= 11 is 0. The molecule has 416 valence electrons. The van der Waals surface area contributed by atoms with E-state index in [1.807, 2.05) is 0 Å². The van der Waals surface area contributed by atoms with E-state index < -0.39 is 0 Å². The minimum atomic E-state index is -0.330. The number of H-pyrrole nitrogens is 1. The molecule has 2 aliphatic heterocycles. The van der Waals surface area contributed by atoms with Crippen LogP contribution in [0.15, 0.2) is 30.4 Å². The summed E-state index contributed by atoms with van der Waals surface area (Å²) in [5.74, 6) is 0.675. The van der Waals surface area contributed by atoms with Crippen molar-refractivity contribution in [2.45, 2.75) is 32.6 Å². The standard InChI is InChI=1S/C51H82N8O15/c1-2-3-4-45-55-49-43-41-42(5-6-44(43)54-51(52)50(49)56-45)58-13-11-57(12-14-58)15-19-65-24-26-68-28-30-70-32-34-72-36-38-74-40-39-73-37-35-71-33-31-69-29-27-67-25-21-63-17-9-46(60)53-10-18-64-22-23-66-20-16-59-47(61)7-8-48(59)62/h5-8,41H,2-4,9-40H2,1H3,(H2,52,54)(H,53,60)(H,55,56). The van der Waals surface area contributed by atoms with Gasteiger partial charge in [0, 0.05) is 75.3 Å². The molecule has 4 heterocycles. The Labute approximate surface area is 435 Å². The van der Waals surface area contributed by atoms with Gasteiger partial charge in [-0.2, -0.15) is 0 Å². The number of ether oxygens (including phenoxy) is 12. The van der Waals surface area contributed by atoms with Crippen LogP contribution in [0.3, 0.4) is 0 Å². The zero-order chi connectivity index (χ0) is 52.1. The van der Waals surface area contributed by atoms with Gasteiger partial charge in [-0.1, -0.05) is 13.3 Å². The number of hydrogen-bond donors (Lipinski definition) is 3. The van der Waals surface area contributed by atoms with Crippen molar-refractivity contribution in [2.75, 3.05) is 215 Å². The van der Waals surface area contributed by atoms with Gasteiger partial charge in [0.15, 0.2) is 0 Å². The zero-order valence-corrected chi connectivity index (χ0v) is 43.6. The van der Waals surface area contributed by atoms with Crippen LogP contribution in [0.5, 0.6) is 0 Å². The van der Waals surface area contributed by atoms with Crippen molar-refractivity contribution in [3.05, 3.63) is 36.2 Å². The summed E-state index contributed by atoms with van der Waals surface area (Å²) in [5.41, 5.74) is 10.1. The van der Waals surface area contributed by atoms with Crippen molar-refractivity contribution in [3.8, 4) is 0 Å². The van der Waals surface area contributed by atoms with E-state index in [0.29, 0.717) is 164 Å². The van der Waals surface area contributed by atoms with Gasteiger partial charge in [0.1, 0.15) is 22.7 Å². The zero-order valence-electron chi connectivity index (χ0n) is 43.6. The molecule has 0 atom stereocenters. The summed E-state index contributed by atoms with van der Waals surface area (Å²) in [7, 11) is 0. The van der Waals surface area contributed by atoms with E-state index in [1.54, 1.807) is 0 Å². The molecule has 1 saturated heterocycles. The van der Waals surface area contributed by atoms with Gasteiger partial charge >= 0.3 is 0 Å². The van der Waals surface area contributed by atoms with Gasteiger partial charge in [-0.05, 0) is 24.6 Å². The maximum atomic E-state index is 11.9. The van der Waals surface area contributed by atoms with Crippen LogP contribution in [-0.4, -0.2) is 247 Å². The smallest absolute Gasteiger partial charge is 0.253 e. The third-order valence-corrected chi connectivity index (χ3v) is 11.7. The molecule has 74 heavy (non-hydrogen) atoms. The van der Waals surface area contributed by atoms with E-state index in [4.69, 9.17) is 67.6 Å². The average molecular weight is 1050 g/mol. The number of benzene rings is 1. The number of piperazine rings is 1. The van der Waals surface area contributed by atoms with Crippen molar-refractivity contribution in [2.24, 2.45) is 0 Å². The predicted octanol–water partition coefficient (Wildman–Crippen LogP) is 1.79. The predicted molar refractivity (Wildman–Crippen MR) is 276 cm³/mol. The summed E-state index contributed by atoms with van der Waals surface area (Å²) < 4.78 is 66.4. The summed E-state index contributed by atoms with van der Waals surface area (Å²) in [6, 6.07) is 6.40. The first-order chi connectivity index (χ1) is 36.4. The van der Waals surface area contributed by atoms with Crippen LogP contribution in [0.1, 0.15) is 32.0 Å². The molecule has 0 aliphatic carbocycles. The van der Waals surface area contributed by atoms with E-state index in [1.165, 1.54) is 17.8 Å². The van der Waals surface area contributed by atoms with Crippen LogP contribution >= 0.6 is 0 Å². The molecular weight excluding hydrogens is 965 g/mol. The fraction of sp³-hybridized carbons (Fsp3) is 0.706. The SMILES string of the molecule is CCCCc1nc2c([nH]1)c(N)nc1ccc(N3CCN(CCOCCOCCOCCOCCOCCOCCOCCOCCOCCOCCC(=O)NCCOCCOCCN4C(=O)C=CC4=O)CC3)cc12. The highest BCUT2D eigenvalue weighted by atomic mass is 16.6. The summed E-state index contributed by atoms with van der Waals surface area (Å²) in [4.78, 5) is 53.8. The van der Waals surface area contributed by atoms with Crippen molar-refractivity contribution < 1.29 is 71.2 Å². The largest absolute Gasteiger partial charge is 0.382 e. The van der Waals surface area contributed by atoms with Gasteiger partial charge in [0.2, 0.25) is 5.91 Å². The number of fused-ring (bicyclic) bond motifs is 3. The minimum absolute atomic E-state index is 0.130. The van der Waals surface area contributed by atoms with Crippen LogP contribution in [0.25, 0.3) is 21.9 Å². The molecule has 2 aliphatic rings. The molecule has 23 heteroatoms. The number of nitrogen functional groups attached to an aromatic ring is 1. The number of nitrogens with zero attached hydrogens (tertiary/aromatic N) is 5. The molecule has 1 aromatic carbocycles. The van der Waals surface area contributed by atoms with Gasteiger partial charge in [-0.3, -0.25) is 24.2 Å². The van der Waals surface area contributed by atoms with Gasteiger partial charge in [-0.25, -0.2) is 9.97 Å². The van der Waals surface area contributed by atoms with Crippen molar-refractivity contribution in [1.82, 2.24) is 30.1 Å². The number of carbonyl (C=O) groups is 3. The van der Waals surface area contributed by atoms with Gasteiger partial charge in [-0.15, -0.1) is 0 Å². The molecule has 0 unspecified atom stereocenters. The number of imidazole rings is 1. The summed E-state index contributed by atoms with van der Waals surface area (Å²) in [6.07, 6.45) is 5.82. The third kappa shape index (κ3) is 24.5. The Bertz CT molecular complexity index is 2020. The van der Waals surface area contributed by atoms with Crippen molar-refractivity contribution in [3.63, 3.8) is 0 Å². The summed E-state index contributed by atoms with van der Waals surface area (Å²) in [6.45, 7) is 18.2. The second kappa shape index (κ2) is 38.1. The lowest BCUT2D eigenvalue weighted by Gasteiger charge is -2.36. The number of carbonyl (C=O) groups excluding carboxylic acids is 3. The van der Waals surface area contributed by atoms with Gasteiger partial charge in [0.05, 0.1) is 171 Å². The maximum absolute atomic E-state index is 11.9. The Balaban J connectivity index is 0.674. The fourth-order valence-corrected chi connectivity index (χ4v) is 7.61. The molecular formula is C51H82N8O15. The Morgan fingerprint density at radius 1 is 0.595 bits per heavy atom. The highest BCUT2D eigenvalue weighted by Gasteiger charge is 2.23. The van der Waals surface area contributed by atoms with Crippen LogP contribution in [0, 0.1) is 0 Å². The monoisotopic (exact) mass is 1050 g/mol. The lowest BCUT2D eigenvalue weighted by Crippen LogP contribution is -2.47. The molecule has 3 amide bonds. The van der Waals surface area contributed by atoms with E-state index in [0.717, 1.165) is 84.6 Å². The first kappa shape index (κ1) is 60.4. The molecule has 0 saturated carbocycles. The van der Waals surface area contributed by atoms with Gasteiger partial charge < -0.3 is 77.8 Å². The Kier molecular flexibility index (Phi) is 31.1. The number of anilines is 2. The molecule has 3 aromatic rings. The Morgan fingerprint density at radius 3 is 1.55 bits per heavy atom. The van der Waals surface area contributed by atoms with Gasteiger partial charge in [0.25, 0.3) is 11.8 Å². The number of aromatic nitrogens is 3. The molecule has 0 spiro atoms. The minimum Gasteiger partial charge on any atom is -0.382 e. The number of nitrogens with one attached hydrogen (secondary N) is 2.